The fraction of sp³-hybridized carbons (Fsp3) is 0.667. The van der Waals surface area contributed by atoms with Crippen LogP contribution in [0, 0.1) is 5.92 Å². The molecular formula is C12H18Cl2N2S. The van der Waals surface area contributed by atoms with E-state index < -0.39 is 0 Å². The molecule has 0 bridgehead atoms. The highest BCUT2D eigenvalue weighted by Gasteiger charge is 2.22. The van der Waals surface area contributed by atoms with E-state index in [1.807, 2.05) is 6.07 Å². The SMILES string of the molecule is NNC(CC1CCCCC1)c1cc(Cl)sc1Cl. The van der Waals surface area contributed by atoms with Gasteiger partial charge in [0.1, 0.15) is 0 Å². The molecule has 2 rings (SSSR count). The topological polar surface area (TPSA) is 38.0 Å². The molecular weight excluding hydrogens is 275 g/mol. The Bertz CT molecular complexity index is 361. The third kappa shape index (κ3) is 3.58. The summed E-state index contributed by atoms with van der Waals surface area (Å²) in [4.78, 5) is 0. The molecule has 0 amide bonds. The second kappa shape index (κ2) is 6.39. The third-order valence-corrected chi connectivity index (χ3v) is 5.07. The Balaban J connectivity index is 2.02. The Morgan fingerprint density at radius 1 is 1.35 bits per heavy atom. The van der Waals surface area contributed by atoms with Crippen LogP contribution in [0.25, 0.3) is 0 Å². The highest BCUT2D eigenvalue weighted by molar-refractivity contribution is 7.20. The highest BCUT2D eigenvalue weighted by atomic mass is 35.5. The molecule has 1 aliphatic carbocycles. The van der Waals surface area contributed by atoms with Gasteiger partial charge in [0.15, 0.2) is 0 Å². The molecule has 2 nitrogen and oxygen atoms in total. The lowest BCUT2D eigenvalue weighted by Gasteiger charge is -2.26. The normalized spacial score (nSPS) is 19.5. The summed E-state index contributed by atoms with van der Waals surface area (Å²) in [6.07, 6.45) is 7.76. The summed E-state index contributed by atoms with van der Waals surface area (Å²) >= 11 is 13.6. The average Bonchev–Trinajstić information content (AvgIpc) is 2.67. The summed E-state index contributed by atoms with van der Waals surface area (Å²) in [5, 5.41) is 0. The number of hydrogen-bond donors (Lipinski definition) is 2. The minimum absolute atomic E-state index is 0.134. The van der Waals surface area contributed by atoms with E-state index in [4.69, 9.17) is 29.0 Å². The average molecular weight is 293 g/mol. The van der Waals surface area contributed by atoms with Gasteiger partial charge < -0.3 is 0 Å². The van der Waals surface area contributed by atoms with E-state index in [0.717, 1.165) is 26.6 Å². The van der Waals surface area contributed by atoms with Crippen LogP contribution in [-0.2, 0) is 0 Å². The van der Waals surface area contributed by atoms with Gasteiger partial charge in [-0.1, -0.05) is 55.3 Å². The van der Waals surface area contributed by atoms with E-state index in [1.54, 1.807) is 0 Å². The first-order chi connectivity index (χ1) is 8.20. The van der Waals surface area contributed by atoms with Gasteiger partial charge in [-0.05, 0) is 18.4 Å². The third-order valence-electron chi connectivity index (χ3n) is 3.55. The molecule has 1 atom stereocenters. The Morgan fingerprint density at radius 2 is 2.06 bits per heavy atom. The molecule has 1 unspecified atom stereocenters. The second-order valence-electron chi connectivity index (χ2n) is 4.74. The first-order valence-corrected chi connectivity index (χ1v) is 7.69. The number of halogens is 2. The smallest absolute Gasteiger partial charge is 0.0992 e. The van der Waals surface area contributed by atoms with Gasteiger partial charge in [-0.2, -0.15) is 0 Å². The van der Waals surface area contributed by atoms with Crippen molar-refractivity contribution >= 4 is 34.5 Å². The van der Waals surface area contributed by atoms with E-state index in [0.29, 0.717) is 0 Å². The summed E-state index contributed by atoms with van der Waals surface area (Å²) in [6, 6.07) is 2.07. The fourth-order valence-corrected chi connectivity index (χ4v) is 4.21. The summed E-state index contributed by atoms with van der Waals surface area (Å²) in [5.41, 5.74) is 3.93. The van der Waals surface area contributed by atoms with Gasteiger partial charge in [0, 0.05) is 11.6 Å². The number of hydrazine groups is 1. The monoisotopic (exact) mass is 292 g/mol. The van der Waals surface area contributed by atoms with Crippen molar-refractivity contribution in [2.75, 3.05) is 0 Å². The molecule has 0 radical (unpaired) electrons. The zero-order valence-corrected chi connectivity index (χ0v) is 12.0. The maximum atomic E-state index is 6.17. The quantitative estimate of drug-likeness (QED) is 0.632. The van der Waals surface area contributed by atoms with Crippen molar-refractivity contribution in [1.29, 1.82) is 0 Å². The lowest BCUT2D eigenvalue weighted by Crippen LogP contribution is -2.30. The number of thiophene rings is 1. The Morgan fingerprint density at radius 3 is 2.59 bits per heavy atom. The molecule has 5 heteroatoms. The largest absolute Gasteiger partial charge is 0.271 e. The fourth-order valence-electron chi connectivity index (χ4n) is 2.63. The van der Waals surface area contributed by atoms with Crippen LogP contribution in [0.3, 0.4) is 0 Å². The summed E-state index contributed by atoms with van der Waals surface area (Å²) in [6.45, 7) is 0. The zero-order valence-electron chi connectivity index (χ0n) is 9.72. The van der Waals surface area contributed by atoms with Crippen LogP contribution in [0.15, 0.2) is 6.07 Å². The van der Waals surface area contributed by atoms with Crippen LogP contribution < -0.4 is 11.3 Å². The van der Waals surface area contributed by atoms with Crippen molar-refractivity contribution < 1.29 is 0 Å². The van der Waals surface area contributed by atoms with Gasteiger partial charge in [0.25, 0.3) is 0 Å². The minimum atomic E-state index is 0.134. The molecule has 17 heavy (non-hydrogen) atoms. The van der Waals surface area contributed by atoms with Gasteiger partial charge in [-0.15, -0.1) is 11.3 Å². The lowest BCUT2D eigenvalue weighted by atomic mass is 9.84. The van der Waals surface area contributed by atoms with Gasteiger partial charge in [-0.3, -0.25) is 11.3 Å². The molecule has 96 valence electrons. The second-order valence-corrected chi connectivity index (χ2v) is 7.02. The van der Waals surface area contributed by atoms with Gasteiger partial charge >= 0.3 is 0 Å². The molecule has 3 N–H and O–H groups in total. The Kier molecular flexibility index (Phi) is 5.12. The zero-order chi connectivity index (χ0) is 12.3. The molecule has 1 fully saturated rings. The molecule has 0 aromatic carbocycles. The van der Waals surface area contributed by atoms with Crippen LogP contribution in [0.5, 0.6) is 0 Å². The summed E-state index contributed by atoms with van der Waals surface area (Å²) in [7, 11) is 0. The predicted octanol–water partition coefficient (Wildman–Crippen LogP) is 4.53. The highest BCUT2D eigenvalue weighted by Crippen LogP contribution is 2.38. The van der Waals surface area contributed by atoms with Crippen LogP contribution in [0.4, 0.5) is 0 Å². The molecule has 1 aliphatic rings. The first-order valence-electron chi connectivity index (χ1n) is 6.11. The maximum absolute atomic E-state index is 6.17. The van der Waals surface area contributed by atoms with Gasteiger partial charge in [-0.25, -0.2) is 0 Å². The van der Waals surface area contributed by atoms with Crippen molar-refractivity contribution in [2.24, 2.45) is 11.8 Å². The molecule has 1 saturated carbocycles. The first kappa shape index (κ1) is 13.6. The van der Waals surface area contributed by atoms with Crippen molar-refractivity contribution in [3.05, 3.63) is 20.3 Å². The van der Waals surface area contributed by atoms with Gasteiger partial charge in [0.05, 0.1) is 8.67 Å². The van der Waals surface area contributed by atoms with Crippen molar-refractivity contribution in [2.45, 2.75) is 44.6 Å². The number of nitrogens with one attached hydrogen (secondary N) is 1. The van der Waals surface area contributed by atoms with E-state index in [2.05, 4.69) is 5.43 Å². The van der Waals surface area contributed by atoms with E-state index >= 15 is 0 Å². The maximum Gasteiger partial charge on any atom is 0.0992 e. The Hall–Kier alpha value is 0.200. The lowest BCUT2D eigenvalue weighted by molar-refractivity contribution is 0.301. The molecule has 0 spiro atoms. The van der Waals surface area contributed by atoms with Crippen LogP contribution in [0.2, 0.25) is 8.67 Å². The van der Waals surface area contributed by atoms with Crippen LogP contribution in [-0.4, -0.2) is 0 Å². The summed E-state index contributed by atoms with van der Waals surface area (Å²) < 4.78 is 1.49. The number of rotatable bonds is 4. The van der Waals surface area contributed by atoms with Crippen LogP contribution >= 0.6 is 34.5 Å². The van der Waals surface area contributed by atoms with Crippen LogP contribution in [0.1, 0.15) is 50.1 Å². The van der Waals surface area contributed by atoms with E-state index in [-0.39, 0.29) is 6.04 Å². The summed E-state index contributed by atoms with van der Waals surface area (Å²) in [5.74, 6) is 6.42. The Labute approximate surface area is 116 Å². The molecule has 1 heterocycles. The minimum Gasteiger partial charge on any atom is -0.271 e. The molecule has 1 aromatic rings. The molecule has 0 saturated heterocycles. The van der Waals surface area contributed by atoms with Crippen molar-refractivity contribution in [3.63, 3.8) is 0 Å². The van der Waals surface area contributed by atoms with Crippen molar-refractivity contribution in [1.82, 2.24) is 5.43 Å². The van der Waals surface area contributed by atoms with Crippen molar-refractivity contribution in [3.8, 4) is 0 Å². The standard InChI is InChI=1S/C12H18Cl2N2S/c13-11-7-9(12(14)17-11)10(16-15)6-8-4-2-1-3-5-8/h7-8,10,16H,1-6,15H2. The number of nitrogens with two attached hydrogens (primary N) is 1. The van der Waals surface area contributed by atoms with E-state index in [9.17, 15) is 0 Å². The molecule has 1 aromatic heterocycles. The number of hydrogen-bond acceptors (Lipinski definition) is 3. The molecule has 0 aliphatic heterocycles. The predicted molar refractivity (Wildman–Crippen MR) is 75.6 cm³/mol. The van der Waals surface area contributed by atoms with Gasteiger partial charge in [0.2, 0.25) is 0 Å². The van der Waals surface area contributed by atoms with E-state index in [1.165, 1.54) is 43.4 Å².